The minimum atomic E-state index is -0.553. The van der Waals surface area contributed by atoms with Crippen molar-refractivity contribution >= 4 is 17.4 Å². The molecule has 5 rings (SSSR count). The van der Waals surface area contributed by atoms with E-state index in [1.165, 1.54) is 6.92 Å². The zero-order valence-electron chi connectivity index (χ0n) is 18.8. The van der Waals surface area contributed by atoms with Gasteiger partial charge in [0, 0.05) is 43.3 Å². The molecule has 7 heteroatoms. The van der Waals surface area contributed by atoms with Gasteiger partial charge in [0.1, 0.15) is 0 Å². The third-order valence-electron chi connectivity index (χ3n) is 8.05. The molecule has 4 aliphatic rings. The first-order chi connectivity index (χ1) is 15.5. The van der Waals surface area contributed by atoms with E-state index in [2.05, 4.69) is 11.4 Å². The van der Waals surface area contributed by atoms with Crippen molar-refractivity contribution in [1.29, 1.82) is 0 Å². The Kier molecular flexibility index (Phi) is 5.70. The van der Waals surface area contributed by atoms with Crippen molar-refractivity contribution in [2.24, 2.45) is 11.8 Å². The van der Waals surface area contributed by atoms with Crippen molar-refractivity contribution in [3.05, 3.63) is 39.8 Å². The fraction of sp³-hybridized carbons (Fsp3) is 0.640. The average molecular weight is 440 g/mol. The summed E-state index contributed by atoms with van der Waals surface area (Å²) >= 11 is 0. The zero-order valence-corrected chi connectivity index (χ0v) is 18.8. The van der Waals surface area contributed by atoms with Gasteiger partial charge in [-0.1, -0.05) is 18.9 Å². The molecular formula is C25H33N3O4. The number of carbonyl (C=O) groups excluding carboxylic acids is 2. The second kappa shape index (κ2) is 8.50. The second-order valence-electron chi connectivity index (χ2n) is 9.86. The number of aromatic nitrogens is 1. The Morgan fingerprint density at radius 3 is 2.59 bits per heavy atom. The van der Waals surface area contributed by atoms with E-state index in [0.29, 0.717) is 12.2 Å². The predicted molar refractivity (Wildman–Crippen MR) is 121 cm³/mol. The van der Waals surface area contributed by atoms with Gasteiger partial charge in [-0.25, -0.2) is 0 Å². The molecule has 2 bridgehead atoms. The molecular weight excluding hydrogens is 406 g/mol. The molecule has 4 atom stereocenters. The summed E-state index contributed by atoms with van der Waals surface area (Å²) in [6.45, 7) is 1.65. The first-order valence-electron chi connectivity index (χ1n) is 12.1. The lowest BCUT2D eigenvalue weighted by Crippen LogP contribution is -2.48. The van der Waals surface area contributed by atoms with E-state index in [1.807, 2.05) is 12.1 Å². The van der Waals surface area contributed by atoms with Crippen LogP contribution < -0.4 is 10.9 Å². The van der Waals surface area contributed by atoms with Gasteiger partial charge < -0.3 is 19.9 Å². The standard InChI is InChI=1S/C25H33N3O4/c1-15(30)28-21-13-27-20(12-11-18(25(27)32)16-7-3-2-4-8-16)23(28)22(19(21)14-29)24(31)26-17-9-5-6-10-17/h7,11-12,17,19,21-23,29H,2-6,8-10,13-14H2,1H3,(H,26,31)/t19-,21-,22+,23+/m0/s1. The topological polar surface area (TPSA) is 91.6 Å². The van der Waals surface area contributed by atoms with Gasteiger partial charge in [0.2, 0.25) is 11.8 Å². The first-order valence-corrected chi connectivity index (χ1v) is 12.1. The number of amides is 2. The number of hydrogen-bond acceptors (Lipinski definition) is 4. The van der Waals surface area contributed by atoms with Crippen LogP contribution in [0.25, 0.3) is 5.57 Å². The van der Waals surface area contributed by atoms with Gasteiger partial charge >= 0.3 is 0 Å². The minimum absolute atomic E-state index is 0.0395. The lowest BCUT2D eigenvalue weighted by molar-refractivity contribution is -0.134. The third kappa shape index (κ3) is 3.41. The summed E-state index contributed by atoms with van der Waals surface area (Å²) in [4.78, 5) is 41.4. The van der Waals surface area contributed by atoms with Gasteiger partial charge in [-0.15, -0.1) is 0 Å². The second-order valence-corrected chi connectivity index (χ2v) is 9.86. The molecule has 0 unspecified atom stereocenters. The smallest absolute Gasteiger partial charge is 0.258 e. The van der Waals surface area contributed by atoms with E-state index < -0.39 is 12.0 Å². The van der Waals surface area contributed by atoms with E-state index in [1.54, 1.807) is 9.47 Å². The monoisotopic (exact) mass is 439 g/mol. The van der Waals surface area contributed by atoms with Crippen LogP contribution in [-0.2, 0) is 16.1 Å². The van der Waals surface area contributed by atoms with Crippen LogP contribution in [0, 0.1) is 11.8 Å². The van der Waals surface area contributed by atoms with Gasteiger partial charge in [-0.2, -0.15) is 0 Å². The van der Waals surface area contributed by atoms with E-state index in [9.17, 15) is 19.5 Å². The Hall–Kier alpha value is -2.41. The van der Waals surface area contributed by atoms with Crippen molar-refractivity contribution < 1.29 is 14.7 Å². The molecule has 3 heterocycles. The predicted octanol–water partition coefficient (Wildman–Crippen LogP) is 2.37. The lowest BCUT2D eigenvalue weighted by atomic mass is 9.86. The highest BCUT2D eigenvalue weighted by molar-refractivity contribution is 5.84. The Bertz CT molecular complexity index is 1010. The maximum absolute atomic E-state index is 13.5. The number of aliphatic hydroxyl groups excluding tert-OH is 1. The normalized spacial score (nSPS) is 29.6. The molecule has 2 N–H and O–H groups in total. The lowest BCUT2D eigenvalue weighted by Gasteiger charge is -2.38. The van der Waals surface area contributed by atoms with Crippen LogP contribution in [0.3, 0.4) is 0 Å². The number of allylic oxidation sites excluding steroid dienone is 2. The number of fused-ring (bicyclic) bond motifs is 4. The molecule has 32 heavy (non-hydrogen) atoms. The van der Waals surface area contributed by atoms with Crippen LogP contribution in [0.5, 0.6) is 0 Å². The summed E-state index contributed by atoms with van der Waals surface area (Å²) in [6, 6.07) is 3.09. The number of rotatable bonds is 4. The van der Waals surface area contributed by atoms with Crippen LogP contribution in [0.2, 0.25) is 0 Å². The largest absolute Gasteiger partial charge is 0.396 e. The number of aliphatic hydroxyl groups is 1. The van der Waals surface area contributed by atoms with Crippen LogP contribution in [-0.4, -0.2) is 45.1 Å². The molecule has 0 aromatic carbocycles. The number of hydrogen-bond donors (Lipinski definition) is 2. The van der Waals surface area contributed by atoms with Crippen molar-refractivity contribution in [3.8, 4) is 0 Å². The number of carbonyl (C=O) groups is 2. The molecule has 2 amide bonds. The van der Waals surface area contributed by atoms with Gasteiger partial charge in [-0.05, 0) is 56.2 Å². The van der Waals surface area contributed by atoms with Crippen molar-refractivity contribution in [3.63, 3.8) is 0 Å². The first kappa shape index (κ1) is 21.4. The van der Waals surface area contributed by atoms with Crippen LogP contribution >= 0.6 is 0 Å². The summed E-state index contributed by atoms with van der Waals surface area (Å²) in [5, 5.41) is 13.5. The van der Waals surface area contributed by atoms with Crippen LogP contribution in [0.15, 0.2) is 23.0 Å². The maximum Gasteiger partial charge on any atom is 0.258 e. The Labute approximate surface area is 188 Å². The molecule has 172 valence electrons. The van der Waals surface area contributed by atoms with Gasteiger partial charge in [0.25, 0.3) is 5.56 Å². The molecule has 2 aliphatic heterocycles. The summed E-state index contributed by atoms with van der Waals surface area (Å²) in [5.74, 6) is -1.16. The van der Waals surface area contributed by atoms with Gasteiger partial charge in [-0.3, -0.25) is 14.4 Å². The molecule has 2 aliphatic carbocycles. The van der Waals surface area contributed by atoms with Crippen molar-refractivity contribution in [1.82, 2.24) is 14.8 Å². The Morgan fingerprint density at radius 1 is 1.16 bits per heavy atom. The SMILES string of the molecule is CC(=O)N1[C@@H]2c3ccc(C4=CCCCC4)c(=O)n3C[C@H]1[C@H](CO)[C@H]2C(=O)NC1CCCC1. The van der Waals surface area contributed by atoms with E-state index in [4.69, 9.17) is 0 Å². The molecule has 1 saturated heterocycles. The number of nitrogens with zero attached hydrogens (tertiary/aromatic N) is 2. The summed E-state index contributed by atoms with van der Waals surface area (Å²) in [5.41, 5.74) is 2.51. The van der Waals surface area contributed by atoms with Gasteiger partial charge in [0.15, 0.2) is 0 Å². The van der Waals surface area contributed by atoms with Crippen LogP contribution in [0.4, 0.5) is 0 Å². The molecule has 0 spiro atoms. The highest BCUT2D eigenvalue weighted by Gasteiger charge is 2.57. The fourth-order valence-electron chi connectivity index (χ4n) is 6.53. The molecule has 1 aromatic heterocycles. The molecule has 1 aromatic rings. The fourth-order valence-corrected chi connectivity index (χ4v) is 6.53. The maximum atomic E-state index is 13.5. The third-order valence-corrected chi connectivity index (χ3v) is 8.05. The zero-order chi connectivity index (χ0) is 22.4. The summed E-state index contributed by atoms with van der Waals surface area (Å²) in [6.07, 6.45) is 10.5. The Morgan fingerprint density at radius 2 is 1.94 bits per heavy atom. The van der Waals surface area contributed by atoms with E-state index in [0.717, 1.165) is 62.5 Å². The van der Waals surface area contributed by atoms with Crippen LogP contribution in [0.1, 0.15) is 75.6 Å². The summed E-state index contributed by atoms with van der Waals surface area (Å²) in [7, 11) is 0. The molecule has 2 fully saturated rings. The highest BCUT2D eigenvalue weighted by Crippen LogP contribution is 2.48. The van der Waals surface area contributed by atoms with E-state index >= 15 is 0 Å². The highest BCUT2D eigenvalue weighted by atomic mass is 16.3. The minimum Gasteiger partial charge on any atom is -0.396 e. The van der Waals surface area contributed by atoms with E-state index in [-0.39, 0.29) is 42.0 Å². The average Bonchev–Trinajstić information content (AvgIpc) is 3.38. The van der Waals surface area contributed by atoms with Crippen molar-refractivity contribution in [2.45, 2.75) is 83.0 Å². The number of pyridine rings is 1. The summed E-state index contributed by atoms with van der Waals surface area (Å²) < 4.78 is 1.77. The van der Waals surface area contributed by atoms with Gasteiger partial charge in [0.05, 0.1) is 18.0 Å². The molecule has 0 radical (unpaired) electrons. The van der Waals surface area contributed by atoms with Crippen molar-refractivity contribution in [2.75, 3.05) is 6.61 Å². The quantitative estimate of drug-likeness (QED) is 0.754. The Balaban J connectivity index is 1.56. The molecule has 7 nitrogen and oxygen atoms in total. The molecule has 1 saturated carbocycles. The number of nitrogens with one attached hydrogen (secondary N) is 1.